The topological polar surface area (TPSA) is 35.6 Å². The Balaban J connectivity index is 1.47. The molecule has 5 heteroatoms. The lowest BCUT2D eigenvalue weighted by atomic mass is 10.1. The van der Waals surface area contributed by atoms with E-state index in [-0.39, 0.29) is 5.91 Å². The molecule has 0 saturated carbocycles. The first-order valence-corrected chi connectivity index (χ1v) is 10.3. The molecule has 2 heterocycles. The Bertz CT molecular complexity index is 924. The molecule has 140 valence electrons. The van der Waals surface area contributed by atoms with Crippen LogP contribution in [-0.2, 0) is 0 Å². The maximum atomic E-state index is 12.7. The van der Waals surface area contributed by atoms with Crippen LogP contribution in [-0.4, -0.2) is 43.5 Å². The van der Waals surface area contributed by atoms with Gasteiger partial charge in [-0.1, -0.05) is 25.1 Å². The number of anilines is 2. The van der Waals surface area contributed by atoms with Crippen LogP contribution in [0.4, 0.5) is 11.4 Å². The molecule has 1 N–H and O–H groups in total. The Hall–Kier alpha value is -2.37. The molecule has 4 nitrogen and oxygen atoms in total. The zero-order chi connectivity index (χ0) is 18.8. The molecule has 1 amide bonds. The van der Waals surface area contributed by atoms with Crippen molar-refractivity contribution in [1.82, 2.24) is 4.90 Å². The van der Waals surface area contributed by atoms with Crippen LogP contribution in [0.25, 0.3) is 10.1 Å². The number of hydrogen-bond acceptors (Lipinski definition) is 4. The van der Waals surface area contributed by atoms with Crippen LogP contribution in [0.1, 0.15) is 22.2 Å². The molecule has 1 fully saturated rings. The summed E-state index contributed by atoms with van der Waals surface area (Å²) >= 11 is 1.53. The van der Waals surface area contributed by atoms with E-state index >= 15 is 0 Å². The number of fused-ring (bicyclic) bond motifs is 1. The highest BCUT2D eigenvalue weighted by molar-refractivity contribution is 7.20. The molecular formula is C22H25N3OS. The summed E-state index contributed by atoms with van der Waals surface area (Å²) in [7, 11) is 0. The average molecular weight is 380 g/mol. The minimum absolute atomic E-state index is 0.0383. The first-order chi connectivity index (χ1) is 13.1. The minimum atomic E-state index is -0.0383. The first kappa shape index (κ1) is 18.0. The second-order valence-corrected chi connectivity index (χ2v) is 8.11. The van der Waals surface area contributed by atoms with Crippen molar-refractivity contribution in [2.45, 2.75) is 13.8 Å². The lowest BCUT2D eigenvalue weighted by molar-refractivity contribution is 0.103. The minimum Gasteiger partial charge on any atom is -0.369 e. The predicted molar refractivity (Wildman–Crippen MR) is 115 cm³/mol. The lowest BCUT2D eigenvalue weighted by Gasteiger charge is -2.35. The highest BCUT2D eigenvalue weighted by atomic mass is 32.1. The van der Waals surface area contributed by atoms with Crippen molar-refractivity contribution in [3.05, 3.63) is 59.0 Å². The number of carbonyl (C=O) groups is 1. The van der Waals surface area contributed by atoms with Gasteiger partial charge in [-0.25, -0.2) is 0 Å². The SMILES string of the molecule is CCN1CCN(c2ccc(NC(=O)c3cc4ccccc4s3)c(C)c2)CC1. The van der Waals surface area contributed by atoms with Gasteiger partial charge in [0.15, 0.2) is 0 Å². The summed E-state index contributed by atoms with van der Waals surface area (Å²) in [5.41, 5.74) is 3.22. The van der Waals surface area contributed by atoms with Gasteiger partial charge >= 0.3 is 0 Å². The number of rotatable bonds is 4. The third kappa shape index (κ3) is 3.84. The fourth-order valence-corrected chi connectivity index (χ4v) is 4.54. The van der Waals surface area contributed by atoms with Crippen molar-refractivity contribution in [3.8, 4) is 0 Å². The molecule has 3 aromatic rings. The number of hydrogen-bond donors (Lipinski definition) is 1. The summed E-state index contributed by atoms with van der Waals surface area (Å²) < 4.78 is 1.14. The van der Waals surface area contributed by atoms with Crippen molar-refractivity contribution < 1.29 is 4.79 Å². The summed E-state index contributed by atoms with van der Waals surface area (Å²) in [6.45, 7) is 9.73. The Kier molecular flexibility index (Phi) is 5.14. The number of benzene rings is 2. The molecule has 2 aromatic carbocycles. The molecule has 27 heavy (non-hydrogen) atoms. The molecule has 1 aliphatic rings. The van der Waals surface area contributed by atoms with E-state index < -0.39 is 0 Å². The molecule has 0 radical (unpaired) electrons. The maximum absolute atomic E-state index is 12.7. The van der Waals surface area contributed by atoms with Crippen molar-refractivity contribution >= 4 is 38.7 Å². The number of nitrogens with one attached hydrogen (secondary N) is 1. The highest BCUT2D eigenvalue weighted by Crippen LogP contribution is 2.28. The van der Waals surface area contributed by atoms with Gasteiger partial charge in [0.1, 0.15) is 0 Å². The molecule has 1 aromatic heterocycles. The molecule has 0 bridgehead atoms. The maximum Gasteiger partial charge on any atom is 0.265 e. The molecule has 0 aliphatic carbocycles. The zero-order valence-electron chi connectivity index (χ0n) is 15.9. The van der Waals surface area contributed by atoms with Gasteiger partial charge in [-0.15, -0.1) is 11.3 Å². The zero-order valence-corrected chi connectivity index (χ0v) is 16.7. The monoisotopic (exact) mass is 379 g/mol. The second kappa shape index (κ2) is 7.71. The van der Waals surface area contributed by atoms with E-state index in [1.54, 1.807) is 0 Å². The number of likely N-dealkylation sites (N-methyl/N-ethyl adjacent to an activating group) is 1. The molecule has 4 rings (SSSR count). The fourth-order valence-electron chi connectivity index (χ4n) is 3.58. The molecule has 0 unspecified atom stereocenters. The van der Waals surface area contributed by atoms with Crippen molar-refractivity contribution in [1.29, 1.82) is 0 Å². The van der Waals surface area contributed by atoms with Crippen LogP contribution >= 0.6 is 11.3 Å². The van der Waals surface area contributed by atoms with Crippen molar-refractivity contribution in [2.75, 3.05) is 42.9 Å². The molecule has 0 spiro atoms. The second-order valence-electron chi connectivity index (χ2n) is 7.02. The first-order valence-electron chi connectivity index (χ1n) is 9.52. The van der Waals surface area contributed by atoms with Crippen molar-refractivity contribution in [3.63, 3.8) is 0 Å². The highest BCUT2D eigenvalue weighted by Gasteiger charge is 2.17. The van der Waals surface area contributed by atoms with Gasteiger partial charge < -0.3 is 15.1 Å². The summed E-state index contributed by atoms with van der Waals surface area (Å²) in [6, 6.07) is 16.4. The van der Waals surface area contributed by atoms with Gasteiger partial charge in [-0.05, 0) is 54.8 Å². The summed E-state index contributed by atoms with van der Waals surface area (Å²) in [4.78, 5) is 18.3. The normalized spacial score (nSPS) is 15.3. The molecule has 0 atom stereocenters. The van der Waals surface area contributed by atoms with Crippen LogP contribution in [0, 0.1) is 6.92 Å². The predicted octanol–water partition coefficient (Wildman–Crippen LogP) is 4.60. The van der Waals surface area contributed by atoms with E-state index in [1.807, 2.05) is 30.3 Å². The number of aryl methyl sites for hydroxylation is 1. The van der Waals surface area contributed by atoms with E-state index in [2.05, 4.69) is 47.2 Å². The standard InChI is InChI=1S/C22H25N3OS/c1-3-24-10-12-25(13-11-24)18-8-9-19(16(2)14-18)23-22(26)21-15-17-6-4-5-7-20(17)27-21/h4-9,14-15H,3,10-13H2,1-2H3,(H,23,26). The number of carbonyl (C=O) groups excluding carboxylic acids is 1. The van der Waals surface area contributed by atoms with Gasteiger partial charge in [-0.2, -0.15) is 0 Å². The van der Waals surface area contributed by atoms with Crippen molar-refractivity contribution in [2.24, 2.45) is 0 Å². The number of nitrogens with zero attached hydrogens (tertiary/aromatic N) is 2. The van der Waals surface area contributed by atoms with Gasteiger partial charge in [0.2, 0.25) is 0 Å². The summed E-state index contributed by atoms with van der Waals surface area (Å²) in [5.74, 6) is -0.0383. The smallest absolute Gasteiger partial charge is 0.265 e. The fraction of sp³-hybridized carbons (Fsp3) is 0.318. The van der Waals surface area contributed by atoms with E-state index in [1.165, 1.54) is 17.0 Å². The van der Waals surface area contributed by atoms with Crippen LogP contribution in [0.2, 0.25) is 0 Å². The number of piperazine rings is 1. The van der Waals surface area contributed by atoms with Gasteiger partial charge in [0.25, 0.3) is 5.91 Å². The largest absolute Gasteiger partial charge is 0.369 e. The van der Waals surface area contributed by atoms with E-state index in [9.17, 15) is 4.79 Å². The molecular weight excluding hydrogens is 354 g/mol. The lowest BCUT2D eigenvalue weighted by Crippen LogP contribution is -2.46. The van der Waals surface area contributed by atoms with E-state index in [4.69, 9.17) is 0 Å². The Morgan fingerprint density at radius 2 is 1.85 bits per heavy atom. The quantitative estimate of drug-likeness (QED) is 0.719. The molecule has 1 saturated heterocycles. The third-order valence-electron chi connectivity index (χ3n) is 5.29. The van der Waals surface area contributed by atoms with E-state index in [0.29, 0.717) is 0 Å². The Morgan fingerprint density at radius 3 is 2.56 bits per heavy atom. The third-order valence-corrected chi connectivity index (χ3v) is 6.41. The van der Waals surface area contributed by atoms with Gasteiger partial charge in [0, 0.05) is 42.3 Å². The average Bonchev–Trinajstić information content (AvgIpc) is 3.14. The van der Waals surface area contributed by atoms with Crippen LogP contribution < -0.4 is 10.2 Å². The van der Waals surface area contributed by atoms with Crippen LogP contribution in [0.3, 0.4) is 0 Å². The summed E-state index contributed by atoms with van der Waals surface area (Å²) in [5, 5.41) is 4.20. The van der Waals surface area contributed by atoms with Crippen LogP contribution in [0.5, 0.6) is 0 Å². The Labute approximate surface area is 164 Å². The number of thiophene rings is 1. The van der Waals surface area contributed by atoms with Gasteiger partial charge in [-0.3, -0.25) is 4.79 Å². The van der Waals surface area contributed by atoms with Crippen LogP contribution in [0.15, 0.2) is 48.5 Å². The summed E-state index contributed by atoms with van der Waals surface area (Å²) in [6.07, 6.45) is 0. The van der Waals surface area contributed by atoms with Gasteiger partial charge in [0.05, 0.1) is 4.88 Å². The van der Waals surface area contributed by atoms with E-state index in [0.717, 1.165) is 58.9 Å². The molecule has 1 aliphatic heterocycles. The number of amides is 1. The Morgan fingerprint density at radius 1 is 1.07 bits per heavy atom.